The third kappa shape index (κ3) is 4.32. The molecule has 4 rings (SSSR count). The Morgan fingerprint density at radius 3 is 2.62 bits per heavy atom. The number of halogens is 2. The molecule has 2 aromatic carbocycles. The monoisotopic (exact) mass is 430 g/mol. The van der Waals surface area contributed by atoms with Crippen molar-refractivity contribution in [3.8, 4) is 0 Å². The Bertz CT molecular complexity index is 1110. The molecule has 5 nitrogen and oxygen atoms in total. The summed E-state index contributed by atoms with van der Waals surface area (Å²) in [5, 5.41) is 4.37. The third-order valence-electron chi connectivity index (χ3n) is 5.21. The number of hydrogen-bond acceptors (Lipinski definition) is 4. The number of hydrogen-bond donors (Lipinski definition) is 1. The van der Waals surface area contributed by atoms with Crippen molar-refractivity contribution < 1.29 is 9.21 Å². The fourth-order valence-electron chi connectivity index (χ4n) is 3.75. The van der Waals surface area contributed by atoms with Crippen molar-refractivity contribution in [1.29, 1.82) is 0 Å². The summed E-state index contributed by atoms with van der Waals surface area (Å²) in [6.07, 6.45) is 2.24. The highest BCUT2D eigenvalue weighted by Crippen LogP contribution is 2.29. The summed E-state index contributed by atoms with van der Waals surface area (Å²) in [5.41, 5.74) is 1.00. The van der Waals surface area contributed by atoms with Gasteiger partial charge in [-0.05, 0) is 55.8 Å². The number of nitrogens with one attached hydrogen (secondary N) is 1. The van der Waals surface area contributed by atoms with Gasteiger partial charge < -0.3 is 9.73 Å². The Hall–Kier alpha value is -2.34. The molecule has 1 aliphatic heterocycles. The summed E-state index contributed by atoms with van der Waals surface area (Å²) in [4.78, 5) is 27.4. The summed E-state index contributed by atoms with van der Waals surface area (Å²) in [5.74, 6) is -0.459. The standard InChI is InChI=1S/C22H20Cl2N2O3/c23-14-7-8-20-16(11-14)19(27)12-21(29-20)22(28)25-13-18(26-9-3-4-10-26)15-5-1-2-6-17(15)24/h1-2,5-8,11-12,18H,3-4,9-10,13H2,(H,25,28)/t18-/m1/s1. The third-order valence-corrected chi connectivity index (χ3v) is 5.79. The normalized spacial score (nSPS) is 15.5. The Morgan fingerprint density at radius 2 is 1.86 bits per heavy atom. The predicted octanol–water partition coefficient (Wildman–Crippen LogP) is 4.67. The van der Waals surface area contributed by atoms with Crippen molar-refractivity contribution in [3.63, 3.8) is 0 Å². The SMILES string of the molecule is O=C(NC[C@H](c1ccccc1Cl)N1CCCC1)c1cc(=O)c2cc(Cl)ccc2o1. The first-order valence-corrected chi connectivity index (χ1v) is 10.3. The molecule has 150 valence electrons. The maximum atomic E-state index is 12.7. The lowest BCUT2D eigenvalue weighted by Crippen LogP contribution is -2.37. The minimum Gasteiger partial charge on any atom is -0.451 e. The second-order valence-corrected chi connectivity index (χ2v) is 7.95. The zero-order valence-corrected chi connectivity index (χ0v) is 17.2. The number of amides is 1. The van der Waals surface area contributed by atoms with Crippen LogP contribution in [0.1, 0.15) is 35.0 Å². The Morgan fingerprint density at radius 1 is 1.10 bits per heavy atom. The molecule has 0 saturated carbocycles. The van der Waals surface area contributed by atoms with Gasteiger partial charge in [-0.1, -0.05) is 41.4 Å². The highest BCUT2D eigenvalue weighted by atomic mass is 35.5. The summed E-state index contributed by atoms with van der Waals surface area (Å²) in [6, 6.07) is 13.6. The van der Waals surface area contributed by atoms with E-state index < -0.39 is 5.91 Å². The number of nitrogens with zero attached hydrogens (tertiary/aromatic N) is 1. The number of benzene rings is 2. The van der Waals surface area contributed by atoms with Gasteiger partial charge in [0.15, 0.2) is 11.2 Å². The fraction of sp³-hybridized carbons (Fsp3) is 0.273. The molecule has 0 aliphatic carbocycles. The van der Waals surface area contributed by atoms with Crippen LogP contribution in [0.15, 0.2) is 57.7 Å². The van der Waals surface area contributed by atoms with Gasteiger partial charge in [-0.25, -0.2) is 0 Å². The summed E-state index contributed by atoms with van der Waals surface area (Å²) < 4.78 is 5.64. The number of likely N-dealkylation sites (tertiary alicyclic amines) is 1. The molecule has 0 unspecified atom stereocenters. The molecule has 2 heterocycles. The van der Waals surface area contributed by atoms with E-state index in [0.29, 0.717) is 27.6 Å². The van der Waals surface area contributed by atoms with E-state index in [4.69, 9.17) is 27.6 Å². The Labute approximate surface area is 178 Å². The van der Waals surface area contributed by atoms with Crippen molar-refractivity contribution >= 4 is 40.1 Å². The van der Waals surface area contributed by atoms with E-state index in [1.165, 1.54) is 12.1 Å². The van der Waals surface area contributed by atoms with E-state index in [-0.39, 0.29) is 17.2 Å². The summed E-state index contributed by atoms with van der Waals surface area (Å²) in [7, 11) is 0. The van der Waals surface area contributed by atoms with Crippen LogP contribution < -0.4 is 10.7 Å². The van der Waals surface area contributed by atoms with E-state index in [1.54, 1.807) is 12.1 Å². The van der Waals surface area contributed by atoms with E-state index in [9.17, 15) is 9.59 Å². The van der Waals surface area contributed by atoms with E-state index in [2.05, 4.69) is 10.2 Å². The van der Waals surface area contributed by atoms with Crippen molar-refractivity contribution in [2.75, 3.05) is 19.6 Å². The van der Waals surface area contributed by atoms with E-state index in [0.717, 1.165) is 31.5 Å². The molecule has 1 aliphatic rings. The molecule has 0 radical (unpaired) electrons. The van der Waals surface area contributed by atoms with Crippen LogP contribution in [-0.2, 0) is 0 Å². The summed E-state index contributed by atoms with van der Waals surface area (Å²) in [6.45, 7) is 2.28. The van der Waals surface area contributed by atoms with E-state index >= 15 is 0 Å². The van der Waals surface area contributed by atoms with Gasteiger partial charge in [0.2, 0.25) is 0 Å². The number of fused-ring (bicyclic) bond motifs is 1. The first-order chi connectivity index (χ1) is 14.0. The van der Waals surface area contributed by atoms with Crippen molar-refractivity contribution in [3.05, 3.63) is 80.1 Å². The molecule has 1 atom stereocenters. The van der Waals surface area contributed by atoms with Crippen LogP contribution in [0, 0.1) is 0 Å². The largest absolute Gasteiger partial charge is 0.451 e. The predicted molar refractivity (Wildman–Crippen MR) is 115 cm³/mol. The second kappa shape index (κ2) is 8.57. The molecule has 0 bridgehead atoms. The Kier molecular flexibility index (Phi) is 5.90. The number of rotatable bonds is 5. The van der Waals surface area contributed by atoms with Crippen molar-refractivity contribution in [2.24, 2.45) is 0 Å². The fourth-order valence-corrected chi connectivity index (χ4v) is 4.19. The van der Waals surface area contributed by atoms with Crippen LogP contribution >= 0.6 is 23.2 Å². The first-order valence-electron chi connectivity index (χ1n) is 9.53. The highest BCUT2D eigenvalue weighted by Gasteiger charge is 2.26. The van der Waals surface area contributed by atoms with Gasteiger partial charge in [-0.15, -0.1) is 0 Å². The topological polar surface area (TPSA) is 62.6 Å². The van der Waals surface area contributed by atoms with Crippen LogP contribution in [0.2, 0.25) is 10.0 Å². The average molecular weight is 431 g/mol. The molecular formula is C22H20Cl2N2O3. The van der Waals surface area contributed by atoms with Crippen LogP contribution in [0.5, 0.6) is 0 Å². The lowest BCUT2D eigenvalue weighted by Gasteiger charge is -2.28. The van der Waals surface area contributed by atoms with Gasteiger partial charge in [-0.3, -0.25) is 14.5 Å². The highest BCUT2D eigenvalue weighted by molar-refractivity contribution is 6.31. The quantitative estimate of drug-likeness (QED) is 0.638. The van der Waals surface area contributed by atoms with Gasteiger partial charge in [-0.2, -0.15) is 0 Å². The van der Waals surface area contributed by atoms with Crippen molar-refractivity contribution in [1.82, 2.24) is 10.2 Å². The molecule has 1 amide bonds. The molecule has 1 aromatic heterocycles. The van der Waals surface area contributed by atoms with Crippen LogP contribution in [0.3, 0.4) is 0 Å². The summed E-state index contributed by atoms with van der Waals surface area (Å²) >= 11 is 12.4. The first kappa shape index (κ1) is 20.0. The van der Waals surface area contributed by atoms with Crippen LogP contribution in [0.4, 0.5) is 0 Å². The van der Waals surface area contributed by atoms with Gasteiger partial charge >= 0.3 is 0 Å². The van der Waals surface area contributed by atoms with Gasteiger partial charge in [0.1, 0.15) is 5.58 Å². The van der Waals surface area contributed by atoms with Gasteiger partial charge in [0.25, 0.3) is 5.91 Å². The van der Waals surface area contributed by atoms with Crippen LogP contribution in [0.25, 0.3) is 11.0 Å². The Balaban J connectivity index is 1.57. The van der Waals surface area contributed by atoms with Crippen LogP contribution in [-0.4, -0.2) is 30.4 Å². The molecule has 0 spiro atoms. The zero-order chi connectivity index (χ0) is 20.4. The lowest BCUT2D eigenvalue weighted by atomic mass is 10.1. The molecule has 29 heavy (non-hydrogen) atoms. The lowest BCUT2D eigenvalue weighted by molar-refractivity contribution is 0.0910. The molecular weight excluding hydrogens is 411 g/mol. The van der Waals surface area contributed by atoms with E-state index in [1.807, 2.05) is 24.3 Å². The minimum absolute atomic E-state index is 0.0239. The maximum Gasteiger partial charge on any atom is 0.287 e. The molecule has 7 heteroatoms. The number of carbonyl (C=O) groups is 1. The van der Waals surface area contributed by atoms with Crippen molar-refractivity contribution in [2.45, 2.75) is 18.9 Å². The van der Waals surface area contributed by atoms with Gasteiger partial charge in [0.05, 0.1) is 11.4 Å². The zero-order valence-electron chi connectivity index (χ0n) is 15.7. The van der Waals surface area contributed by atoms with Gasteiger partial charge in [0, 0.05) is 22.7 Å². The molecule has 1 saturated heterocycles. The molecule has 1 N–H and O–H groups in total. The second-order valence-electron chi connectivity index (χ2n) is 7.11. The average Bonchev–Trinajstić information content (AvgIpc) is 3.24. The minimum atomic E-state index is -0.435. The molecule has 3 aromatic rings. The number of carbonyl (C=O) groups excluding carboxylic acids is 1. The molecule has 1 fully saturated rings. The maximum absolute atomic E-state index is 12.7. The smallest absolute Gasteiger partial charge is 0.287 e.